The fraction of sp³-hybridized carbons (Fsp3) is 0.571. The maximum absolute atomic E-state index is 13.8. The van der Waals surface area contributed by atoms with Crippen LogP contribution in [0, 0.1) is 11.7 Å². The number of aryl methyl sites for hydroxylation is 2. The van der Waals surface area contributed by atoms with E-state index in [4.69, 9.17) is 9.51 Å². The highest BCUT2D eigenvalue weighted by Gasteiger charge is 2.26. The zero-order valence-corrected chi connectivity index (χ0v) is 18.8. The summed E-state index contributed by atoms with van der Waals surface area (Å²) < 4.78 is 31.0. The number of nitrogens with one attached hydrogen (secondary N) is 2. The third kappa shape index (κ3) is 5.08. The fourth-order valence-electron chi connectivity index (χ4n) is 4.35. The average molecular weight is 438 g/mol. The molecule has 1 aromatic carbocycles. The molecule has 0 radical (unpaired) electrons. The number of anilines is 1. The van der Waals surface area contributed by atoms with Gasteiger partial charge in [-0.05, 0) is 68.6 Å². The molecule has 2 aliphatic carbocycles. The maximum Gasteiger partial charge on any atom is 0.266 e. The Kier molecular flexibility index (Phi) is 6.40. The normalized spacial score (nSPS) is 23.6. The van der Waals surface area contributed by atoms with Crippen LogP contribution >= 0.6 is 18.9 Å². The minimum Gasteiger partial charge on any atom is -0.361 e. The first kappa shape index (κ1) is 21.0. The molecule has 5 nitrogen and oxygen atoms in total. The van der Waals surface area contributed by atoms with Crippen LogP contribution in [0.3, 0.4) is 0 Å². The number of nitrogens with zero attached hydrogens (tertiary/aromatic N) is 1. The van der Waals surface area contributed by atoms with Crippen LogP contribution in [0.2, 0.25) is 0 Å². The van der Waals surface area contributed by atoms with Gasteiger partial charge in [-0.3, -0.25) is 4.57 Å². The van der Waals surface area contributed by atoms with E-state index < -0.39 is 7.52 Å². The molecule has 1 heterocycles. The minimum atomic E-state index is -2.66. The van der Waals surface area contributed by atoms with Crippen LogP contribution in [0.25, 0.3) is 11.3 Å². The van der Waals surface area contributed by atoms with Crippen molar-refractivity contribution in [2.75, 3.05) is 25.6 Å². The number of halogens is 1. The lowest BCUT2D eigenvalue weighted by molar-refractivity contribution is 0.308. The smallest absolute Gasteiger partial charge is 0.266 e. The molecule has 1 aromatic heterocycles. The molecule has 8 heteroatoms. The molecule has 1 unspecified atom stereocenters. The van der Waals surface area contributed by atoms with Crippen molar-refractivity contribution in [3.8, 4) is 11.3 Å². The highest BCUT2D eigenvalue weighted by atomic mass is 32.1. The molecule has 2 aromatic rings. The predicted molar refractivity (Wildman–Crippen MR) is 117 cm³/mol. The molecule has 29 heavy (non-hydrogen) atoms. The Morgan fingerprint density at radius 2 is 2.07 bits per heavy atom. The Morgan fingerprint density at radius 3 is 2.83 bits per heavy atom. The summed E-state index contributed by atoms with van der Waals surface area (Å²) in [5.41, 5.74) is 3.10. The summed E-state index contributed by atoms with van der Waals surface area (Å²) in [5, 5.41) is 7.62. The molecular formula is C21H29FN3O2PS. The Bertz CT molecular complexity index is 911. The Labute approximate surface area is 176 Å². The molecule has 4 rings (SSSR count). The first-order chi connectivity index (χ1) is 13.9. The molecule has 0 spiro atoms. The van der Waals surface area contributed by atoms with Gasteiger partial charge in [0.15, 0.2) is 5.13 Å². The third-order valence-electron chi connectivity index (χ3n) is 6.03. The maximum atomic E-state index is 13.8. The van der Waals surface area contributed by atoms with Crippen molar-refractivity contribution in [3.05, 3.63) is 34.5 Å². The second kappa shape index (κ2) is 8.84. The first-order valence-corrected chi connectivity index (χ1v) is 13.3. The van der Waals surface area contributed by atoms with E-state index in [1.54, 1.807) is 30.1 Å². The van der Waals surface area contributed by atoms with E-state index >= 15 is 0 Å². The van der Waals surface area contributed by atoms with Crippen LogP contribution in [0.15, 0.2) is 18.2 Å². The van der Waals surface area contributed by atoms with Crippen LogP contribution in [0.4, 0.5) is 9.52 Å². The van der Waals surface area contributed by atoms with Gasteiger partial charge in [-0.2, -0.15) is 0 Å². The molecule has 0 amide bonds. The molecule has 1 atom stereocenters. The topological polar surface area (TPSA) is 63.2 Å². The number of benzene rings is 1. The van der Waals surface area contributed by atoms with Gasteiger partial charge < -0.3 is 9.84 Å². The third-order valence-corrected chi connectivity index (χ3v) is 8.63. The molecule has 0 aliphatic heterocycles. The van der Waals surface area contributed by atoms with Crippen LogP contribution in [-0.2, 0) is 21.9 Å². The van der Waals surface area contributed by atoms with E-state index in [1.165, 1.54) is 17.6 Å². The Morgan fingerprint density at radius 1 is 1.28 bits per heavy atom. The zero-order valence-electron chi connectivity index (χ0n) is 17.0. The summed E-state index contributed by atoms with van der Waals surface area (Å²) in [6, 6.07) is 5.34. The van der Waals surface area contributed by atoms with Gasteiger partial charge in [-0.1, -0.05) is 6.07 Å². The molecule has 158 valence electrons. The number of rotatable bonds is 6. The van der Waals surface area contributed by atoms with Crippen molar-refractivity contribution < 1.29 is 13.5 Å². The second-order valence-corrected chi connectivity index (χ2v) is 11.6. The highest BCUT2D eigenvalue weighted by molar-refractivity contribution is 7.56. The summed E-state index contributed by atoms with van der Waals surface area (Å²) in [5.74, 6) is 0.384. The second-order valence-electron chi connectivity index (χ2n) is 8.20. The number of aromatic nitrogens is 1. The number of fused-ring (bicyclic) bond motifs is 3. The lowest BCUT2D eigenvalue weighted by Crippen LogP contribution is -2.32. The van der Waals surface area contributed by atoms with Crippen LogP contribution < -0.4 is 10.4 Å². The summed E-state index contributed by atoms with van der Waals surface area (Å²) in [6.45, 7) is 2.53. The van der Waals surface area contributed by atoms with Crippen molar-refractivity contribution in [1.29, 1.82) is 0 Å². The van der Waals surface area contributed by atoms with Gasteiger partial charge in [0.2, 0.25) is 0 Å². The molecule has 0 saturated heterocycles. The first-order valence-electron chi connectivity index (χ1n) is 10.4. The standard InChI is InChI=1S/C21H29FN3O2PS/c1-27-28(2,26)25-17-10-6-14(7-11-17)13-23-21-24-20-18-12-16(22)9-8-15(18)4-3-5-19(20)29-21/h8-9,12,14,17H,3-7,10-11,13H2,1-2H3,(H,23,24)(H,25,26). The van der Waals surface area contributed by atoms with Gasteiger partial charge in [0.05, 0.1) is 5.69 Å². The van der Waals surface area contributed by atoms with Crippen LogP contribution in [-0.4, -0.2) is 31.3 Å². The lowest BCUT2D eigenvalue weighted by Gasteiger charge is -2.30. The van der Waals surface area contributed by atoms with E-state index in [0.717, 1.165) is 67.9 Å². The molecule has 2 aliphatic rings. The Hall–Kier alpha value is -1.27. The van der Waals surface area contributed by atoms with Crippen molar-refractivity contribution in [1.82, 2.24) is 10.1 Å². The number of thiazole rings is 1. The van der Waals surface area contributed by atoms with Crippen LogP contribution in [0.5, 0.6) is 0 Å². The van der Waals surface area contributed by atoms with Gasteiger partial charge in [-0.25, -0.2) is 14.5 Å². The highest BCUT2D eigenvalue weighted by Crippen LogP contribution is 2.40. The van der Waals surface area contributed by atoms with E-state index in [2.05, 4.69) is 10.4 Å². The Balaban J connectivity index is 1.36. The molecule has 1 fully saturated rings. The predicted octanol–water partition coefficient (Wildman–Crippen LogP) is 5.47. The fourth-order valence-corrected chi connectivity index (χ4v) is 6.40. The largest absolute Gasteiger partial charge is 0.361 e. The van der Waals surface area contributed by atoms with E-state index in [1.807, 2.05) is 6.07 Å². The van der Waals surface area contributed by atoms with E-state index in [-0.39, 0.29) is 11.9 Å². The van der Waals surface area contributed by atoms with Gasteiger partial charge in [0.25, 0.3) is 7.52 Å². The molecule has 0 bridgehead atoms. The molecule has 1 saturated carbocycles. The average Bonchev–Trinajstić information content (AvgIpc) is 3.04. The summed E-state index contributed by atoms with van der Waals surface area (Å²) in [6.07, 6.45) is 7.25. The van der Waals surface area contributed by atoms with Gasteiger partial charge in [0, 0.05) is 36.8 Å². The number of hydrogen-bond acceptors (Lipinski definition) is 5. The SMILES string of the molecule is COP(C)(=O)NC1CCC(CNc2nc3c(s2)CCCc2ccc(F)cc2-3)CC1. The quantitative estimate of drug-likeness (QED) is 0.587. The van der Waals surface area contributed by atoms with Crippen molar-refractivity contribution >= 4 is 24.0 Å². The zero-order chi connectivity index (χ0) is 20.4. The summed E-state index contributed by atoms with van der Waals surface area (Å²) in [4.78, 5) is 6.08. The summed E-state index contributed by atoms with van der Waals surface area (Å²) >= 11 is 1.71. The van der Waals surface area contributed by atoms with E-state index in [0.29, 0.717) is 5.92 Å². The molecular weight excluding hydrogens is 408 g/mol. The summed E-state index contributed by atoms with van der Waals surface area (Å²) in [7, 11) is -1.17. The van der Waals surface area contributed by atoms with E-state index in [9.17, 15) is 8.96 Å². The van der Waals surface area contributed by atoms with Gasteiger partial charge >= 0.3 is 0 Å². The van der Waals surface area contributed by atoms with Crippen molar-refractivity contribution in [3.63, 3.8) is 0 Å². The van der Waals surface area contributed by atoms with Crippen molar-refractivity contribution in [2.45, 2.75) is 51.0 Å². The molecule has 2 N–H and O–H groups in total. The monoisotopic (exact) mass is 437 g/mol. The number of hydrogen-bond donors (Lipinski definition) is 2. The van der Waals surface area contributed by atoms with Crippen LogP contribution in [0.1, 0.15) is 42.5 Å². The van der Waals surface area contributed by atoms with Crippen molar-refractivity contribution in [2.24, 2.45) is 5.92 Å². The van der Waals surface area contributed by atoms with Gasteiger partial charge in [0.1, 0.15) is 5.82 Å². The lowest BCUT2D eigenvalue weighted by atomic mass is 9.86. The minimum absolute atomic E-state index is 0.199. The van der Waals surface area contributed by atoms with Gasteiger partial charge in [-0.15, -0.1) is 11.3 Å².